The highest BCUT2D eigenvalue weighted by atomic mass is 35.5. The Kier molecular flexibility index (Phi) is 29.0. The molecule has 2 fully saturated rings. The van der Waals surface area contributed by atoms with E-state index in [4.69, 9.17) is 55.9 Å². The van der Waals surface area contributed by atoms with Crippen LogP contribution in [0.3, 0.4) is 0 Å². The lowest BCUT2D eigenvalue weighted by molar-refractivity contribution is 0.0770. The molecule has 2 heterocycles. The van der Waals surface area contributed by atoms with Crippen molar-refractivity contribution in [2.45, 2.75) is 75.3 Å². The van der Waals surface area contributed by atoms with Crippen molar-refractivity contribution in [1.29, 1.82) is 0 Å². The van der Waals surface area contributed by atoms with Crippen molar-refractivity contribution >= 4 is 95.2 Å². The Hall–Kier alpha value is -5.58. The zero-order valence-electron chi connectivity index (χ0n) is 47.5. The molecule has 83 heavy (non-hydrogen) atoms. The van der Waals surface area contributed by atoms with Crippen LogP contribution in [0.15, 0.2) is 158 Å². The normalized spacial score (nSPS) is 15.1. The first-order valence-electron chi connectivity index (χ1n) is 27.6. The molecule has 0 aliphatic carbocycles. The predicted octanol–water partition coefficient (Wildman–Crippen LogP) is 14.0. The summed E-state index contributed by atoms with van der Waals surface area (Å²) in [5, 5.41) is 8.38. The van der Waals surface area contributed by atoms with Gasteiger partial charge in [0.2, 0.25) is 0 Å². The summed E-state index contributed by atoms with van der Waals surface area (Å²) >= 11 is 25.2. The molecule has 0 aromatic heterocycles. The third-order valence-electron chi connectivity index (χ3n) is 15.4. The van der Waals surface area contributed by atoms with E-state index in [0.717, 1.165) is 100 Å². The number of carbonyl (C=O) groups is 4. The number of alkyl carbamates (subject to hydrolysis) is 2. The van der Waals surface area contributed by atoms with Crippen molar-refractivity contribution in [1.82, 2.24) is 30.2 Å². The highest BCUT2D eigenvalue weighted by Gasteiger charge is 2.40. The van der Waals surface area contributed by atoms with Gasteiger partial charge in [-0.2, -0.15) is 0 Å². The fraction of sp³-hybridized carbons (Fsp3) is 0.375. The highest BCUT2D eigenvalue weighted by Crippen LogP contribution is 2.37. The number of benzene rings is 6. The molecule has 8 rings (SSSR count). The number of likely N-dealkylation sites (tertiary alicyclic amines) is 2. The minimum Gasteiger partial charge on any atom is -0.450 e. The fourth-order valence-corrected chi connectivity index (χ4v) is 11.5. The van der Waals surface area contributed by atoms with Crippen LogP contribution < -0.4 is 10.6 Å². The first kappa shape index (κ1) is 69.9. The summed E-state index contributed by atoms with van der Waals surface area (Å²) in [5.74, 6) is 0.124. The monoisotopic (exact) mass is 1250 g/mol. The number of carbonyl (C=O) groups excluding carboxylic acids is 4. The molecule has 2 unspecified atom stereocenters. The molecule has 0 radical (unpaired) electrons. The SMILES string of the molecule is CCOC(=O)NC1(c2ccccc2)CCN(CCC(CN(C)C(=O)c2ccccc2)c2ccc(Cl)c(Cl)c2)CC1.CCOC(=O)NC1(c2ccccc2)CCN(CCC(CN(C)C(=O)c2ccccc2)c2ccc(Cl)c(Cl)c2)CC1.Cl.Cl.O. The molecule has 2 atom stereocenters. The van der Waals surface area contributed by atoms with Crippen molar-refractivity contribution in [3.8, 4) is 0 Å². The quantitative estimate of drug-likeness (QED) is 0.0765. The van der Waals surface area contributed by atoms with Crippen LogP contribution in [0.2, 0.25) is 20.1 Å². The second kappa shape index (κ2) is 34.4. The highest BCUT2D eigenvalue weighted by molar-refractivity contribution is 6.42. The maximum absolute atomic E-state index is 13.1. The van der Waals surface area contributed by atoms with Crippen molar-refractivity contribution < 1.29 is 34.1 Å². The minimum absolute atomic E-state index is 0. The molecule has 6 aromatic rings. The van der Waals surface area contributed by atoms with Crippen LogP contribution in [0, 0.1) is 0 Å². The second-order valence-electron chi connectivity index (χ2n) is 20.7. The third-order valence-corrected chi connectivity index (χ3v) is 16.9. The first-order valence-corrected chi connectivity index (χ1v) is 29.1. The van der Waals surface area contributed by atoms with E-state index in [9.17, 15) is 19.2 Å². The van der Waals surface area contributed by atoms with E-state index in [1.165, 1.54) is 0 Å². The van der Waals surface area contributed by atoms with Gasteiger partial charge in [0.15, 0.2) is 0 Å². The second-order valence-corrected chi connectivity index (χ2v) is 22.3. The van der Waals surface area contributed by atoms with Gasteiger partial charge in [-0.05, 0) is 136 Å². The fourth-order valence-electron chi connectivity index (χ4n) is 10.9. The first-order chi connectivity index (χ1) is 38.6. The molecule has 6 aromatic carbocycles. The molecule has 2 aliphatic heterocycles. The number of ether oxygens (including phenoxy) is 2. The molecule has 19 heteroatoms. The molecule has 2 saturated heterocycles. The molecule has 0 saturated carbocycles. The van der Waals surface area contributed by atoms with E-state index in [2.05, 4.69) is 44.7 Å². The molecule has 2 aliphatic rings. The molecule has 4 amide bonds. The van der Waals surface area contributed by atoms with Gasteiger partial charge in [0, 0.05) is 76.3 Å². The number of hydrogen-bond acceptors (Lipinski definition) is 8. The Balaban J connectivity index is 0.000000344. The summed E-state index contributed by atoms with van der Waals surface area (Å²) in [6.45, 7) is 10.4. The van der Waals surface area contributed by atoms with E-state index in [1.54, 1.807) is 9.80 Å². The number of likely N-dealkylation sites (N-methyl/N-ethyl adjacent to an activating group) is 2. The van der Waals surface area contributed by atoms with Gasteiger partial charge >= 0.3 is 12.2 Å². The molecule has 0 spiro atoms. The van der Waals surface area contributed by atoms with E-state index in [1.807, 2.05) is 161 Å². The van der Waals surface area contributed by atoms with Gasteiger partial charge in [-0.15, -0.1) is 24.8 Å². The lowest BCUT2D eigenvalue weighted by Gasteiger charge is -2.42. The molecule has 13 nitrogen and oxygen atoms in total. The lowest BCUT2D eigenvalue weighted by atomic mass is 9.80. The summed E-state index contributed by atoms with van der Waals surface area (Å²) in [4.78, 5) is 59.5. The van der Waals surface area contributed by atoms with Gasteiger partial charge in [-0.3, -0.25) is 9.59 Å². The standard InChI is InChI=1S/2C32H37Cl2N3O3.2ClH.H2O/c2*1-3-40-31(39)35-32(27-12-8-5-9-13-27)17-20-37(21-18-32)19-16-26(25-14-15-28(33)29(34)22-25)23-36(2)30(38)24-10-6-4-7-11-24;;;/h2*4-15,22,26H,3,16-21,23H2,1-2H3,(H,35,39);2*1H;1H2. The molecular weight excluding hydrogens is 1180 g/mol. The minimum atomic E-state index is -0.463. The summed E-state index contributed by atoms with van der Waals surface area (Å²) in [6.07, 6.45) is 4.02. The Labute approximate surface area is 522 Å². The van der Waals surface area contributed by atoms with Crippen molar-refractivity contribution in [3.63, 3.8) is 0 Å². The topological polar surface area (TPSA) is 155 Å². The smallest absolute Gasteiger partial charge is 0.407 e. The summed E-state index contributed by atoms with van der Waals surface area (Å²) in [6, 6.07) is 50.4. The van der Waals surface area contributed by atoms with E-state index < -0.39 is 11.1 Å². The number of rotatable bonds is 20. The van der Waals surface area contributed by atoms with Crippen LogP contribution in [0.4, 0.5) is 9.59 Å². The molecule has 448 valence electrons. The van der Waals surface area contributed by atoms with Crippen LogP contribution in [0.25, 0.3) is 0 Å². The largest absolute Gasteiger partial charge is 0.450 e. The summed E-state index contributed by atoms with van der Waals surface area (Å²) < 4.78 is 10.5. The van der Waals surface area contributed by atoms with Gasteiger partial charge < -0.3 is 45.2 Å². The zero-order valence-corrected chi connectivity index (χ0v) is 52.2. The number of amides is 4. The van der Waals surface area contributed by atoms with Crippen molar-refractivity contribution in [3.05, 3.63) is 211 Å². The number of halogens is 6. The molecule has 0 bridgehead atoms. The lowest BCUT2D eigenvalue weighted by Crippen LogP contribution is -2.53. The van der Waals surface area contributed by atoms with E-state index in [0.29, 0.717) is 57.5 Å². The summed E-state index contributed by atoms with van der Waals surface area (Å²) in [5.41, 5.74) is 4.71. The van der Waals surface area contributed by atoms with Crippen LogP contribution in [-0.2, 0) is 20.6 Å². The maximum atomic E-state index is 13.1. The third kappa shape index (κ3) is 19.7. The number of nitrogens with zero attached hydrogens (tertiary/aromatic N) is 4. The predicted molar refractivity (Wildman–Crippen MR) is 340 cm³/mol. The zero-order chi connectivity index (χ0) is 57.1. The van der Waals surface area contributed by atoms with Gasteiger partial charge in [-0.1, -0.05) is 156 Å². The van der Waals surface area contributed by atoms with Crippen LogP contribution >= 0.6 is 71.2 Å². The Morgan fingerprint density at radius 3 is 1.11 bits per heavy atom. The Bertz CT molecular complexity index is 2740. The van der Waals surface area contributed by atoms with Crippen molar-refractivity contribution in [2.75, 3.05) is 79.7 Å². The van der Waals surface area contributed by atoms with Gasteiger partial charge in [0.05, 0.1) is 44.4 Å². The average Bonchev–Trinajstić information content (AvgIpc) is 3.56. The maximum Gasteiger partial charge on any atom is 0.407 e. The molecule has 4 N–H and O–H groups in total. The average molecular weight is 1260 g/mol. The number of nitrogens with one attached hydrogen (secondary N) is 2. The Morgan fingerprint density at radius 1 is 0.494 bits per heavy atom. The van der Waals surface area contributed by atoms with Gasteiger partial charge in [0.1, 0.15) is 0 Å². The van der Waals surface area contributed by atoms with E-state index >= 15 is 0 Å². The Morgan fingerprint density at radius 2 is 0.807 bits per heavy atom. The van der Waals surface area contributed by atoms with Gasteiger partial charge in [0.25, 0.3) is 11.8 Å². The van der Waals surface area contributed by atoms with Gasteiger partial charge in [-0.25, -0.2) is 9.59 Å². The molecular formula is C64H78Cl6N6O7. The van der Waals surface area contributed by atoms with E-state index in [-0.39, 0.29) is 66.1 Å². The van der Waals surface area contributed by atoms with Crippen LogP contribution in [-0.4, -0.2) is 129 Å². The number of hydrogen-bond donors (Lipinski definition) is 2. The number of piperidine rings is 2. The van der Waals surface area contributed by atoms with Crippen LogP contribution in [0.5, 0.6) is 0 Å². The van der Waals surface area contributed by atoms with Crippen molar-refractivity contribution in [2.24, 2.45) is 0 Å². The van der Waals surface area contributed by atoms with Crippen LogP contribution in [0.1, 0.15) is 107 Å². The summed E-state index contributed by atoms with van der Waals surface area (Å²) in [7, 11) is 3.69.